The fourth-order valence-corrected chi connectivity index (χ4v) is 4.68. The van der Waals surface area contributed by atoms with Gasteiger partial charge in [0.2, 0.25) is 11.1 Å². The number of tetrazole rings is 1. The fraction of sp³-hybridized carbons (Fsp3) is 0.333. The molecule has 144 valence electrons. The third-order valence-corrected chi connectivity index (χ3v) is 6.19. The highest BCUT2D eigenvalue weighted by atomic mass is 32.2. The van der Waals surface area contributed by atoms with Crippen LogP contribution in [0.1, 0.15) is 30.5 Å². The average molecular weight is 394 g/mol. The van der Waals surface area contributed by atoms with Gasteiger partial charge in [0.25, 0.3) is 0 Å². The zero-order valence-corrected chi connectivity index (χ0v) is 17.3. The Morgan fingerprint density at radius 2 is 1.86 bits per heavy atom. The van der Waals surface area contributed by atoms with Crippen LogP contribution in [0.5, 0.6) is 0 Å². The lowest BCUT2D eigenvalue weighted by atomic mass is 10.1. The zero-order valence-electron chi connectivity index (χ0n) is 16.5. The highest BCUT2D eigenvalue weighted by Gasteiger charge is 2.34. The summed E-state index contributed by atoms with van der Waals surface area (Å²) in [5, 5.41) is 12.5. The summed E-state index contributed by atoms with van der Waals surface area (Å²) < 4.78 is 1.74. The summed E-state index contributed by atoms with van der Waals surface area (Å²) in [4.78, 5) is 15.2. The number of aryl methyl sites for hydroxylation is 2. The molecule has 28 heavy (non-hydrogen) atoms. The van der Waals surface area contributed by atoms with Crippen molar-refractivity contribution in [1.82, 2.24) is 20.2 Å². The summed E-state index contributed by atoms with van der Waals surface area (Å²) in [7, 11) is 0. The van der Waals surface area contributed by atoms with E-state index < -0.39 is 0 Å². The zero-order chi connectivity index (χ0) is 19.8. The highest BCUT2D eigenvalue weighted by molar-refractivity contribution is 8.00. The normalized spacial score (nSPS) is 16.9. The molecular formula is C21H23N5OS. The molecule has 0 N–H and O–H groups in total. The molecule has 0 unspecified atom stereocenters. The van der Waals surface area contributed by atoms with Crippen LogP contribution >= 0.6 is 11.8 Å². The topological polar surface area (TPSA) is 63.9 Å². The lowest BCUT2D eigenvalue weighted by Gasteiger charge is -2.25. The number of aromatic nitrogens is 4. The van der Waals surface area contributed by atoms with Crippen molar-refractivity contribution >= 4 is 23.4 Å². The Labute approximate surface area is 168 Å². The number of amides is 1. The molecule has 0 radical (unpaired) electrons. The van der Waals surface area contributed by atoms with Gasteiger partial charge in [-0.2, -0.15) is 4.68 Å². The van der Waals surface area contributed by atoms with Crippen LogP contribution in [0.3, 0.4) is 0 Å². The van der Waals surface area contributed by atoms with Gasteiger partial charge in [-0.15, -0.1) is 5.10 Å². The van der Waals surface area contributed by atoms with Crippen molar-refractivity contribution in [2.24, 2.45) is 0 Å². The van der Waals surface area contributed by atoms with Crippen LogP contribution in [0.25, 0.3) is 5.69 Å². The van der Waals surface area contributed by atoms with Crippen molar-refractivity contribution < 1.29 is 4.79 Å². The maximum Gasteiger partial charge on any atom is 0.240 e. The molecule has 1 aliphatic heterocycles. The van der Waals surface area contributed by atoms with Crippen molar-refractivity contribution in [3.8, 4) is 5.69 Å². The van der Waals surface area contributed by atoms with Gasteiger partial charge in [0.15, 0.2) is 0 Å². The standard InChI is InChI=1S/C21H23N5OS/c1-13-8-7-9-14(2)19(13)26-21(22-23-24-26)28-16(4)20(27)25-15(3)12-17-10-5-6-11-18(17)25/h5-11,15-16H,12H2,1-4H3/t15-,16-/m1/s1. The van der Waals surface area contributed by atoms with Gasteiger partial charge in [-0.25, -0.2) is 0 Å². The van der Waals surface area contributed by atoms with E-state index in [4.69, 9.17) is 0 Å². The van der Waals surface area contributed by atoms with E-state index in [9.17, 15) is 4.79 Å². The van der Waals surface area contributed by atoms with Crippen LogP contribution in [0.2, 0.25) is 0 Å². The Morgan fingerprint density at radius 3 is 2.61 bits per heavy atom. The summed E-state index contributed by atoms with van der Waals surface area (Å²) in [5.74, 6) is 0.0819. The third kappa shape index (κ3) is 3.20. The number of fused-ring (bicyclic) bond motifs is 1. The third-order valence-electron chi connectivity index (χ3n) is 5.17. The number of thioether (sulfide) groups is 1. The number of hydrogen-bond acceptors (Lipinski definition) is 5. The number of para-hydroxylation sites is 2. The Hall–Kier alpha value is -2.67. The Morgan fingerprint density at radius 1 is 1.14 bits per heavy atom. The molecule has 2 atom stereocenters. The molecule has 0 spiro atoms. The molecule has 0 fully saturated rings. The van der Waals surface area contributed by atoms with Crippen LogP contribution in [0.4, 0.5) is 5.69 Å². The van der Waals surface area contributed by atoms with Gasteiger partial charge < -0.3 is 4.90 Å². The second-order valence-electron chi connectivity index (χ2n) is 7.26. The van der Waals surface area contributed by atoms with Crippen molar-refractivity contribution in [2.45, 2.75) is 50.6 Å². The summed E-state index contributed by atoms with van der Waals surface area (Å²) in [6.07, 6.45) is 0.888. The van der Waals surface area contributed by atoms with Gasteiger partial charge in [-0.1, -0.05) is 48.2 Å². The molecular weight excluding hydrogens is 370 g/mol. The minimum Gasteiger partial charge on any atom is -0.308 e. The molecule has 1 amide bonds. The van der Waals surface area contributed by atoms with E-state index in [2.05, 4.69) is 28.5 Å². The molecule has 1 aliphatic rings. The van der Waals surface area contributed by atoms with Crippen LogP contribution in [0, 0.1) is 13.8 Å². The number of hydrogen-bond donors (Lipinski definition) is 0. The maximum absolute atomic E-state index is 13.3. The smallest absolute Gasteiger partial charge is 0.240 e. The molecule has 0 saturated carbocycles. The lowest BCUT2D eigenvalue weighted by molar-refractivity contribution is -0.118. The number of carbonyl (C=O) groups excluding carboxylic acids is 1. The van der Waals surface area contributed by atoms with E-state index in [0.29, 0.717) is 5.16 Å². The van der Waals surface area contributed by atoms with E-state index >= 15 is 0 Å². The molecule has 0 aliphatic carbocycles. The van der Waals surface area contributed by atoms with Gasteiger partial charge in [-0.05, 0) is 67.3 Å². The van der Waals surface area contributed by atoms with Gasteiger partial charge >= 0.3 is 0 Å². The Balaban J connectivity index is 1.60. The Bertz CT molecular complexity index is 1010. The first-order chi connectivity index (χ1) is 13.5. The van der Waals surface area contributed by atoms with E-state index in [-0.39, 0.29) is 17.2 Å². The van der Waals surface area contributed by atoms with E-state index in [1.54, 1.807) is 4.68 Å². The van der Waals surface area contributed by atoms with E-state index in [0.717, 1.165) is 28.9 Å². The second kappa shape index (κ2) is 7.39. The van der Waals surface area contributed by atoms with Crippen molar-refractivity contribution in [1.29, 1.82) is 0 Å². The monoisotopic (exact) mass is 393 g/mol. The maximum atomic E-state index is 13.3. The SMILES string of the molecule is Cc1cccc(C)c1-n1nnnc1S[C@H](C)C(=O)N1c2ccccc2C[C@H]1C. The number of benzene rings is 2. The quantitative estimate of drug-likeness (QED) is 0.632. The molecule has 2 aromatic carbocycles. The minimum atomic E-state index is -0.303. The predicted octanol–water partition coefficient (Wildman–Crippen LogP) is 3.74. The lowest BCUT2D eigenvalue weighted by Crippen LogP contribution is -2.40. The number of carbonyl (C=O) groups is 1. The van der Waals surface area contributed by atoms with Gasteiger partial charge in [0.1, 0.15) is 0 Å². The second-order valence-corrected chi connectivity index (χ2v) is 8.57. The van der Waals surface area contributed by atoms with Crippen LogP contribution in [-0.2, 0) is 11.2 Å². The predicted molar refractivity (Wildman–Crippen MR) is 111 cm³/mol. The van der Waals surface area contributed by atoms with Crippen LogP contribution < -0.4 is 4.90 Å². The van der Waals surface area contributed by atoms with Crippen molar-refractivity contribution in [2.75, 3.05) is 4.90 Å². The first-order valence-electron chi connectivity index (χ1n) is 9.40. The van der Waals surface area contributed by atoms with Gasteiger partial charge in [-0.3, -0.25) is 4.79 Å². The molecule has 7 heteroatoms. The molecule has 0 bridgehead atoms. The summed E-state index contributed by atoms with van der Waals surface area (Å²) in [6, 6.07) is 14.4. The molecule has 3 aromatic rings. The molecule has 2 heterocycles. The number of rotatable bonds is 4. The largest absolute Gasteiger partial charge is 0.308 e. The number of nitrogens with zero attached hydrogens (tertiary/aromatic N) is 5. The average Bonchev–Trinajstić information content (AvgIpc) is 3.24. The van der Waals surface area contributed by atoms with E-state index in [1.807, 2.05) is 62.1 Å². The molecule has 0 saturated heterocycles. The molecule has 1 aromatic heterocycles. The summed E-state index contributed by atoms with van der Waals surface area (Å²) in [6.45, 7) is 8.09. The van der Waals surface area contributed by atoms with Crippen LogP contribution in [0.15, 0.2) is 47.6 Å². The summed E-state index contributed by atoms with van der Waals surface area (Å²) in [5.41, 5.74) is 5.39. The van der Waals surface area contributed by atoms with Crippen molar-refractivity contribution in [3.05, 3.63) is 59.2 Å². The minimum absolute atomic E-state index is 0.0819. The Kier molecular flexibility index (Phi) is 4.93. The highest BCUT2D eigenvalue weighted by Crippen LogP contribution is 2.35. The number of anilines is 1. The fourth-order valence-electron chi connectivity index (χ4n) is 3.84. The molecule has 6 nitrogen and oxygen atoms in total. The summed E-state index contributed by atoms with van der Waals surface area (Å²) >= 11 is 1.40. The van der Waals surface area contributed by atoms with Gasteiger partial charge in [0.05, 0.1) is 10.9 Å². The first-order valence-corrected chi connectivity index (χ1v) is 10.3. The van der Waals surface area contributed by atoms with Crippen LogP contribution in [-0.4, -0.2) is 37.4 Å². The molecule has 4 rings (SSSR count). The van der Waals surface area contributed by atoms with Gasteiger partial charge in [0, 0.05) is 11.7 Å². The van der Waals surface area contributed by atoms with E-state index in [1.165, 1.54) is 17.3 Å². The first kappa shape index (κ1) is 18.7. The van der Waals surface area contributed by atoms with Crippen molar-refractivity contribution in [3.63, 3.8) is 0 Å².